The highest BCUT2D eigenvalue weighted by Gasteiger charge is 2.34. The normalized spacial score (nSPS) is 18.0. The Bertz CT molecular complexity index is 845. The molecule has 0 radical (unpaired) electrons. The largest absolute Gasteiger partial charge is 0.487 e. The van der Waals surface area contributed by atoms with E-state index >= 15 is 0 Å². The summed E-state index contributed by atoms with van der Waals surface area (Å²) in [6.45, 7) is 5.94. The van der Waals surface area contributed by atoms with Crippen LogP contribution in [0.15, 0.2) is 42.5 Å². The third-order valence-electron chi connectivity index (χ3n) is 4.25. The molecule has 0 saturated carbocycles. The molecule has 0 spiro atoms. The zero-order valence-corrected chi connectivity index (χ0v) is 14.4. The van der Waals surface area contributed by atoms with Gasteiger partial charge in [-0.2, -0.15) is 0 Å². The fourth-order valence-corrected chi connectivity index (χ4v) is 3.09. The molecule has 1 amide bonds. The van der Waals surface area contributed by atoms with Gasteiger partial charge in [-0.25, -0.2) is 0 Å². The van der Waals surface area contributed by atoms with Crippen molar-refractivity contribution in [2.24, 2.45) is 0 Å². The summed E-state index contributed by atoms with van der Waals surface area (Å²) in [6, 6.07) is 11.4. The molecule has 2 aromatic rings. The Labute approximate surface area is 146 Å². The van der Waals surface area contributed by atoms with Gasteiger partial charge >= 0.3 is 0 Å². The second-order valence-electron chi connectivity index (χ2n) is 6.94. The number of nitro groups is 1. The van der Waals surface area contributed by atoms with Crippen molar-refractivity contribution in [2.75, 3.05) is 0 Å². The lowest BCUT2D eigenvalue weighted by atomic mass is 9.89. The molecule has 1 heterocycles. The molecule has 1 atom stereocenters. The molecule has 6 nitrogen and oxygen atoms in total. The highest BCUT2D eigenvalue weighted by molar-refractivity contribution is 5.95. The molecule has 0 bridgehead atoms. The number of benzene rings is 2. The summed E-state index contributed by atoms with van der Waals surface area (Å²) in [4.78, 5) is 23.0. The fraction of sp³-hybridized carbons (Fsp3) is 0.316. The number of carbonyl (C=O) groups excluding carboxylic acids is 1. The van der Waals surface area contributed by atoms with E-state index in [-0.39, 0.29) is 23.2 Å². The standard InChI is InChI=1S/C19H20N2O4/c1-12-7-8-15-16(11-19(2,3)25-17(15)9-12)20-18(22)13-5-4-6-14(10-13)21(23)24/h4-10,16H,11H2,1-3H3,(H,20,22). The van der Waals surface area contributed by atoms with Gasteiger partial charge in [-0.1, -0.05) is 18.2 Å². The van der Waals surface area contributed by atoms with Gasteiger partial charge < -0.3 is 10.1 Å². The Morgan fingerprint density at radius 1 is 1.28 bits per heavy atom. The van der Waals surface area contributed by atoms with E-state index in [1.54, 1.807) is 6.07 Å². The molecule has 25 heavy (non-hydrogen) atoms. The first-order valence-corrected chi connectivity index (χ1v) is 8.10. The Morgan fingerprint density at radius 2 is 2.04 bits per heavy atom. The van der Waals surface area contributed by atoms with Gasteiger partial charge in [0.15, 0.2) is 0 Å². The van der Waals surface area contributed by atoms with Crippen molar-refractivity contribution in [1.29, 1.82) is 0 Å². The second kappa shape index (κ2) is 6.20. The third-order valence-corrected chi connectivity index (χ3v) is 4.25. The van der Waals surface area contributed by atoms with Gasteiger partial charge in [-0.3, -0.25) is 14.9 Å². The van der Waals surface area contributed by atoms with Gasteiger partial charge in [0.2, 0.25) is 0 Å². The molecule has 1 aliphatic rings. The highest BCUT2D eigenvalue weighted by atomic mass is 16.6. The van der Waals surface area contributed by atoms with E-state index in [2.05, 4.69) is 5.32 Å². The molecule has 0 saturated heterocycles. The predicted octanol–water partition coefficient (Wildman–Crippen LogP) is 3.94. The van der Waals surface area contributed by atoms with Crippen LogP contribution in [-0.2, 0) is 0 Å². The maximum Gasteiger partial charge on any atom is 0.270 e. The first kappa shape index (κ1) is 17.0. The number of amides is 1. The second-order valence-corrected chi connectivity index (χ2v) is 6.94. The molecule has 0 fully saturated rings. The molecule has 1 N–H and O–H groups in total. The Balaban J connectivity index is 1.88. The fourth-order valence-electron chi connectivity index (χ4n) is 3.09. The molecule has 0 aliphatic carbocycles. The van der Waals surface area contributed by atoms with Crippen LogP contribution in [0.4, 0.5) is 5.69 Å². The molecule has 2 aromatic carbocycles. The lowest BCUT2D eigenvalue weighted by molar-refractivity contribution is -0.384. The number of carbonyl (C=O) groups is 1. The van der Waals surface area contributed by atoms with Crippen LogP contribution in [0.3, 0.4) is 0 Å². The first-order chi connectivity index (χ1) is 11.7. The van der Waals surface area contributed by atoms with Crippen LogP contribution in [0.25, 0.3) is 0 Å². The average Bonchev–Trinajstić information content (AvgIpc) is 2.53. The smallest absolute Gasteiger partial charge is 0.270 e. The minimum atomic E-state index is -0.508. The lowest BCUT2D eigenvalue weighted by Gasteiger charge is -2.38. The number of nitro benzene ring substituents is 1. The number of nitrogens with zero attached hydrogens (tertiary/aromatic N) is 1. The van der Waals surface area contributed by atoms with Gasteiger partial charge in [0.1, 0.15) is 11.4 Å². The van der Waals surface area contributed by atoms with Gasteiger partial charge in [0.25, 0.3) is 11.6 Å². The van der Waals surface area contributed by atoms with E-state index in [9.17, 15) is 14.9 Å². The van der Waals surface area contributed by atoms with Gasteiger partial charge in [-0.05, 0) is 38.5 Å². The van der Waals surface area contributed by atoms with Gasteiger partial charge in [-0.15, -0.1) is 0 Å². The molecule has 0 aromatic heterocycles. The van der Waals surface area contributed by atoms with Gasteiger partial charge in [0.05, 0.1) is 11.0 Å². The Kier molecular flexibility index (Phi) is 4.20. The molecule has 1 unspecified atom stereocenters. The molecule has 6 heteroatoms. The predicted molar refractivity (Wildman–Crippen MR) is 93.8 cm³/mol. The number of rotatable bonds is 3. The van der Waals surface area contributed by atoms with E-state index in [4.69, 9.17) is 4.74 Å². The van der Waals surface area contributed by atoms with Crippen LogP contribution < -0.4 is 10.1 Å². The number of fused-ring (bicyclic) bond motifs is 1. The van der Waals surface area contributed by atoms with Crippen molar-refractivity contribution in [3.05, 3.63) is 69.3 Å². The minimum Gasteiger partial charge on any atom is -0.487 e. The summed E-state index contributed by atoms with van der Waals surface area (Å²) >= 11 is 0. The molecule has 3 rings (SSSR count). The van der Waals surface area contributed by atoms with Crippen LogP contribution in [0.2, 0.25) is 0 Å². The van der Waals surface area contributed by atoms with Crippen LogP contribution in [0.1, 0.15) is 47.8 Å². The van der Waals surface area contributed by atoms with Crippen molar-refractivity contribution >= 4 is 11.6 Å². The van der Waals surface area contributed by atoms with Crippen molar-refractivity contribution in [3.8, 4) is 5.75 Å². The zero-order chi connectivity index (χ0) is 18.2. The van der Waals surface area contributed by atoms with Crippen LogP contribution in [0, 0.1) is 17.0 Å². The van der Waals surface area contributed by atoms with E-state index < -0.39 is 10.5 Å². The molecule has 1 aliphatic heterocycles. The molecule has 130 valence electrons. The Hall–Kier alpha value is -2.89. The van der Waals surface area contributed by atoms with Gasteiger partial charge in [0, 0.05) is 29.7 Å². The number of nitrogens with one attached hydrogen (secondary N) is 1. The summed E-state index contributed by atoms with van der Waals surface area (Å²) in [5, 5.41) is 13.9. The van der Waals surface area contributed by atoms with E-state index in [1.165, 1.54) is 18.2 Å². The van der Waals surface area contributed by atoms with Crippen molar-refractivity contribution in [3.63, 3.8) is 0 Å². The minimum absolute atomic E-state index is 0.101. The quantitative estimate of drug-likeness (QED) is 0.678. The van der Waals surface area contributed by atoms with Crippen LogP contribution in [0.5, 0.6) is 5.75 Å². The van der Waals surface area contributed by atoms with E-state index in [1.807, 2.05) is 39.0 Å². The van der Waals surface area contributed by atoms with Crippen LogP contribution >= 0.6 is 0 Å². The van der Waals surface area contributed by atoms with E-state index in [0.717, 1.165) is 16.9 Å². The number of non-ortho nitro benzene ring substituents is 1. The monoisotopic (exact) mass is 340 g/mol. The zero-order valence-electron chi connectivity index (χ0n) is 14.4. The number of hydrogen-bond donors (Lipinski definition) is 1. The summed E-state index contributed by atoms with van der Waals surface area (Å²) in [6.07, 6.45) is 0.615. The topological polar surface area (TPSA) is 81.5 Å². The average molecular weight is 340 g/mol. The van der Waals surface area contributed by atoms with Crippen molar-refractivity contribution in [2.45, 2.75) is 38.8 Å². The van der Waals surface area contributed by atoms with Crippen molar-refractivity contribution in [1.82, 2.24) is 5.32 Å². The number of ether oxygens (including phenoxy) is 1. The van der Waals surface area contributed by atoms with Crippen LogP contribution in [-0.4, -0.2) is 16.4 Å². The Morgan fingerprint density at radius 3 is 2.76 bits per heavy atom. The lowest BCUT2D eigenvalue weighted by Crippen LogP contribution is -2.41. The van der Waals surface area contributed by atoms with E-state index in [0.29, 0.717) is 6.42 Å². The third kappa shape index (κ3) is 3.63. The maximum atomic E-state index is 12.6. The van der Waals surface area contributed by atoms with Crippen molar-refractivity contribution < 1.29 is 14.5 Å². The number of aryl methyl sites for hydroxylation is 1. The molecular weight excluding hydrogens is 320 g/mol. The maximum absolute atomic E-state index is 12.6. The first-order valence-electron chi connectivity index (χ1n) is 8.10. The summed E-state index contributed by atoms with van der Waals surface area (Å²) in [5.41, 5.74) is 1.76. The highest BCUT2D eigenvalue weighted by Crippen LogP contribution is 2.40. The molecular formula is C19H20N2O4. The summed E-state index contributed by atoms with van der Waals surface area (Å²) in [7, 11) is 0. The SMILES string of the molecule is Cc1ccc2c(c1)OC(C)(C)CC2NC(=O)c1cccc([N+](=O)[O-])c1. The summed E-state index contributed by atoms with van der Waals surface area (Å²) in [5.74, 6) is 0.429. The number of hydrogen-bond acceptors (Lipinski definition) is 4. The summed E-state index contributed by atoms with van der Waals surface area (Å²) < 4.78 is 6.03.